The maximum absolute atomic E-state index is 13.6. The van der Waals surface area contributed by atoms with Gasteiger partial charge >= 0.3 is 11.9 Å². The Morgan fingerprint density at radius 1 is 0.865 bits per heavy atom. The Hall–Kier alpha value is -3.83. The number of nitrogens with one attached hydrogen (secondary N) is 1. The van der Waals surface area contributed by atoms with Gasteiger partial charge in [0.05, 0.1) is 35.9 Å². The molecule has 9 nitrogen and oxygen atoms in total. The molecule has 0 radical (unpaired) electrons. The summed E-state index contributed by atoms with van der Waals surface area (Å²) in [7, 11) is -1.75. The number of nitrogens with zero attached hydrogens (tertiary/aromatic N) is 1. The van der Waals surface area contributed by atoms with Gasteiger partial charge in [-0.25, -0.2) is 18.0 Å². The summed E-state index contributed by atoms with van der Waals surface area (Å²) in [5.74, 6) is -2.14. The second-order valence-corrected chi connectivity index (χ2v) is 10.6. The van der Waals surface area contributed by atoms with Crippen molar-refractivity contribution in [2.75, 3.05) is 36.6 Å². The summed E-state index contributed by atoms with van der Waals surface area (Å²) in [6.45, 7) is 1.30. The van der Waals surface area contributed by atoms with E-state index in [1.165, 1.54) is 56.3 Å². The number of thioether (sulfide) groups is 1. The predicted octanol–water partition coefficient (Wildman–Crippen LogP) is 4.12. The van der Waals surface area contributed by atoms with E-state index < -0.39 is 34.4 Å². The summed E-state index contributed by atoms with van der Waals surface area (Å²) in [6.07, 6.45) is 1.88. The van der Waals surface area contributed by atoms with Crippen LogP contribution in [0.2, 0.25) is 0 Å². The topological polar surface area (TPSA) is 119 Å². The Morgan fingerprint density at radius 2 is 1.41 bits per heavy atom. The molecular weight excluding hydrogens is 516 g/mol. The van der Waals surface area contributed by atoms with Gasteiger partial charge in [-0.15, -0.1) is 11.8 Å². The van der Waals surface area contributed by atoms with E-state index >= 15 is 0 Å². The number of amides is 1. The van der Waals surface area contributed by atoms with Gasteiger partial charge in [-0.2, -0.15) is 0 Å². The Balaban J connectivity index is 1.97. The van der Waals surface area contributed by atoms with Gasteiger partial charge in [0.25, 0.3) is 10.0 Å². The van der Waals surface area contributed by atoms with E-state index in [9.17, 15) is 22.8 Å². The van der Waals surface area contributed by atoms with Gasteiger partial charge in [-0.05, 0) is 67.8 Å². The molecule has 0 saturated carbocycles. The molecule has 3 rings (SSSR count). The highest BCUT2D eigenvalue weighted by molar-refractivity contribution is 7.98. The Labute approximate surface area is 219 Å². The summed E-state index contributed by atoms with van der Waals surface area (Å²) in [6, 6.07) is 17.0. The summed E-state index contributed by atoms with van der Waals surface area (Å²) < 4.78 is 37.6. The summed E-state index contributed by atoms with van der Waals surface area (Å²) >= 11 is 1.48. The maximum Gasteiger partial charge on any atom is 0.337 e. The lowest BCUT2D eigenvalue weighted by Gasteiger charge is -2.24. The Morgan fingerprint density at radius 3 is 1.89 bits per heavy atom. The molecule has 194 valence electrons. The lowest BCUT2D eigenvalue weighted by Crippen LogP contribution is -2.38. The highest BCUT2D eigenvalue weighted by atomic mass is 32.2. The zero-order valence-electron chi connectivity index (χ0n) is 20.7. The van der Waals surface area contributed by atoms with Crippen LogP contribution < -0.4 is 9.62 Å². The van der Waals surface area contributed by atoms with E-state index in [1.807, 2.05) is 13.2 Å². The van der Waals surface area contributed by atoms with Crippen LogP contribution in [0.5, 0.6) is 0 Å². The van der Waals surface area contributed by atoms with Crippen LogP contribution >= 0.6 is 11.8 Å². The van der Waals surface area contributed by atoms with Gasteiger partial charge < -0.3 is 14.8 Å². The highest BCUT2D eigenvalue weighted by Gasteiger charge is 2.27. The Bertz CT molecular complexity index is 1370. The molecule has 0 spiro atoms. The second-order valence-electron chi connectivity index (χ2n) is 7.85. The van der Waals surface area contributed by atoms with Gasteiger partial charge in [0.1, 0.15) is 6.54 Å². The van der Waals surface area contributed by atoms with E-state index in [2.05, 4.69) is 5.32 Å². The van der Waals surface area contributed by atoms with Crippen LogP contribution in [0.15, 0.2) is 76.5 Å². The molecule has 0 saturated heterocycles. The van der Waals surface area contributed by atoms with Crippen LogP contribution in [0.25, 0.3) is 0 Å². The molecule has 1 N–H and O–H groups in total. The monoisotopic (exact) mass is 542 g/mol. The van der Waals surface area contributed by atoms with Gasteiger partial charge in [0.15, 0.2) is 0 Å². The molecule has 0 atom stereocenters. The molecule has 0 fully saturated rings. The first-order chi connectivity index (χ1) is 17.6. The van der Waals surface area contributed by atoms with Crippen molar-refractivity contribution in [3.63, 3.8) is 0 Å². The lowest BCUT2D eigenvalue weighted by molar-refractivity contribution is -0.114. The van der Waals surface area contributed by atoms with Crippen molar-refractivity contribution in [1.82, 2.24) is 0 Å². The van der Waals surface area contributed by atoms with Crippen molar-refractivity contribution in [3.8, 4) is 0 Å². The average molecular weight is 543 g/mol. The summed E-state index contributed by atoms with van der Waals surface area (Å²) in [4.78, 5) is 38.1. The van der Waals surface area contributed by atoms with Crippen LogP contribution in [0.3, 0.4) is 0 Å². The fraction of sp³-hybridized carbons (Fsp3) is 0.192. The number of carbonyl (C=O) groups is 3. The SMILES string of the molecule is COC(=O)c1cc(NC(=O)CN(c2ccc(C)cc2)S(=O)(=O)c2ccc(SC)cc2)cc(C(=O)OC)c1. The van der Waals surface area contributed by atoms with Crippen molar-refractivity contribution >= 4 is 51.0 Å². The number of rotatable bonds is 9. The molecule has 0 aromatic heterocycles. The number of carbonyl (C=O) groups excluding carboxylic acids is 3. The molecule has 0 aliphatic heterocycles. The summed E-state index contributed by atoms with van der Waals surface area (Å²) in [5.41, 5.74) is 1.34. The minimum absolute atomic E-state index is 0.0117. The quantitative estimate of drug-likeness (QED) is 0.317. The van der Waals surface area contributed by atoms with Gasteiger partial charge in [-0.1, -0.05) is 17.7 Å². The number of ether oxygens (including phenoxy) is 2. The molecular formula is C26H26N2O7S2. The van der Waals surface area contributed by atoms with Gasteiger partial charge in [0.2, 0.25) is 5.91 Å². The molecule has 0 unspecified atom stereocenters. The molecule has 0 aliphatic carbocycles. The third-order valence-electron chi connectivity index (χ3n) is 5.32. The van der Waals surface area contributed by atoms with Crippen molar-refractivity contribution < 1.29 is 32.3 Å². The van der Waals surface area contributed by atoms with Crippen molar-refractivity contribution in [2.24, 2.45) is 0 Å². The zero-order chi connectivity index (χ0) is 27.2. The molecule has 1 amide bonds. The molecule has 3 aromatic rings. The minimum Gasteiger partial charge on any atom is -0.465 e. The fourth-order valence-corrected chi connectivity index (χ4v) is 5.23. The van der Waals surface area contributed by atoms with E-state index in [1.54, 1.807) is 36.4 Å². The van der Waals surface area contributed by atoms with Crippen LogP contribution in [0, 0.1) is 6.92 Å². The second kappa shape index (κ2) is 11.9. The fourth-order valence-electron chi connectivity index (χ4n) is 3.40. The van der Waals surface area contributed by atoms with Crippen LogP contribution in [0.4, 0.5) is 11.4 Å². The van der Waals surface area contributed by atoms with Crippen LogP contribution in [-0.4, -0.2) is 53.3 Å². The van der Waals surface area contributed by atoms with Crippen LogP contribution in [-0.2, 0) is 24.3 Å². The van der Waals surface area contributed by atoms with Crippen molar-refractivity contribution in [3.05, 3.63) is 83.4 Å². The van der Waals surface area contributed by atoms with E-state index in [0.717, 1.165) is 14.8 Å². The molecule has 0 bridgehead atoms. The average Bonchev–Trinajstić information content (AvgIpc) is 2.91. The largest absolute Gasteiger partial charge is 0.465 e. The molecule has 11 heteroatoms. The third kappa shape index (κ3) is 6.69. The number of hydrogen-bond acceptors (Lipinski definition) is 8. The van der Waals surface area contributed by atoms with Gasteiger partial charge in [0, 0.05) is 10.6 Å². The van der Waals surface area contributed by atoms with E-state index in [4.69, 9.17) is 9.47 Å². The zero-order valence-corrected chi connectivity index (χ0v) is 22.3. The lowest BCUT2D eigenvalue weighted by atomic mass is 10.1. The highest BCUT2D eigenvalue weighted by Crippen LogP contribution is 2.26. The van der Waals surface area contributed by atoms with Gasteiger partial charge in [-0.3, -0.25) is 9.10 Å². The van der Waals surface area contributed by atoms with E-state index in [0.29, 0.717) is 5.69 Å². The van der Waals surface area contributed by atoms with Crippen molar-refractivity contribution in [1.29, 1.82) is 0 Å². The number of sulfonamides is 1. The first-order valence-corrected chi connectivity index (χ1v) is 13.6. The summed E-state index contributed by atoms with van der Waals surface area (Å²) in [5, 5.41) is 2.57. The van der Waals surface area contributed by atoms with E-state index in [-0.39, 0.29) is 21.7 Å². The first-order valence-electron chi connectivity index (χ1n) is 10.9. The minimum atomic E-state index is -4.12. The predicted molar refractivity (Wildman–Crippen MR) is 142 cm³/mol. The number of methoxy groups -OCH3 is 2. The number of aryl methyl sites for hydroxylation is 1. The molecule has 0 aliphatic rings. The maximum atomic E-state index is 13.6. The molecule has 37 heavy (non-hydrogen) atoms. The standard InChI is InChI=1S/C26H26N2O7S2/c1-17-5-7-21(8-6-17)28(37(32,33)23-11-9-22(36-4)10-12-23)16-24(29)27-20-14-18(25(30)34-2)13-19(15-20)26(31)35-3/h5-15H,16H2,1-4H3,(H,27,29). The van der Waals surface area contributed by atoms with Crippen LogP contribution in [0.1, 0.15) is 26.3 Å². The number of anilines is 2. The third-order valence-corrected chi connectivity index (χ3v) is 7.85. The van der Waals surface area contributed by atoms with Crippen molar-refractivity contribution in [2.45, 2.75) is 16.7 Å². The number of hydrogen-bond donors (Lipinski definition) is 1. The number of benzene rings is 3. The first kappa shape index (κ1) is 27.8. The molecule has 0 heterocycles. The smallest absolute Gasteiger partial charge is 0.337 e. The normalized spacial score (nSPS) is 10.9. The number of esters is 2. The molecule has 3 aromatic carbocycles. The Kier molecular flexibility index (Phi) is 8.95.